The SMILES string of the molecule is CC1CCC(c2ccc(-c3cc(C(=O)O)on3)cc2)CC1. The Balaban J connectivity index is 1.75. The lowest BCUT2D eigenvalue weighted by Crippen LogP contribution is -2.10. The van der Waals surface area contributed by atoms with Gasteiger partial charge in [-0.05, 0) is 30.2 Å². The van der Waals surface area contributed by atoms with Crippen LogP contribution in [0.1, 0.15) is 54.6 Å². The number of aromatic nitrogens is 1. The fourth-order valence-electron chi connectivity index (χ4n) is 3.03. The highest BCUT2D eigenvalue weighted by Crippen LogP contribution is 2.36. The van der Waals surface area contributed by atoms with Crippen LogP contribution in [0.4, 0.5) is 0 Å². The first-order valence-corrected chi connectivity index (χ1v) is 7.44. The van der Waals surface area contributed by atoms with E-state index in [0.29, 0.717) is 11.6 Å². The Bertz CT molecular complexity index is 622. The Labute approximate surface area is 123 Å². The molecule has 1 N–H and O–H groups in total. The summed E-state index contributed by atoms with van der Waals surface area (Å²) in [4.78, 5) is 10.8. The zero-order valence-corrected chi connectivity index (χ0v) is 12.1. The van der Waals surface area contributed by atoms with Gasteiger partial charge in [0.05, 0.1) is 0 Å². The number of nitrogens with zero attached hydrogens (tertiary/aromatic N) is 1. The maximum Gasteiger partial charge on any atom is 0.374 e. The maximum atomic E-state index is 10.8. The van der Waals surface area contributed by atoms with Gasteiger partial charge < -0.3 is 9.63 Å². The second-order valence-electron chi connectivity index (χ2n) is 5.96. The Morgan fingerprint density at radius 2 is 1.86 bits per heavy atom. The quantitative estimate of drug-likeness (QED) is 0.911. The highest BCUT2D eigenvalue weighted by Gasteiger charge is 2.20. The number of hydrogen-bond acceptors (Lipinski definition) is 3. The van der Waals surface area contributed by atoms with Crippen molar-refractivity contribution in [3.63, 3.8) is 0 Å². The molecule has 0 spiro atoms. The Kier molecular flexibility index (Phi) is 3.78. The highest BCUT2D eigenvalue weighted by molar-refractivity contribution is 5.85. The van der Waals surface area contributed by atoms with Crippen LogP contribution in [-0.4, -0.2) is 16.2 Å². The predicted octanol–water partition coefficient (Wildman–Crippen LogP) is 4.33. The van der Waals surface area contributed by atoms with Gasteiger partial charge in [-0.2, -0.15) is 0 Å². The third kappa shape index (κ3) is 2.99. The average molecular weight is 285 g/mol. The Hall–Kier alpha value is -2.10. The molecule has 0 atom stereocenters. The summed E-state index contributed by atoms with van der Waals surface area (Å²) in [6, 6.07) is 9.71. The molecule has 1 aromatic heterocycles. The van der Waals surface area contributed by atoms with E-state index in [4.69, 9.17) is 9.63 Å². The summed E-state index contributed by atoms with van der Waals surface area (Å²) < 4.78 is 4.79. The molecule has 21 heavy (non-hydrogen) atoms. The molecule has 1 heterocycles. The van der Waals surface area contributed by atoms with Gasteiger partial charge in [-0.3, -0.25) is 0 Å². The van der Waals surface area contributed by atoms with Crippen molar-refractivity contribution >= 4 is 5.97 Å². The molecule has 0 amide bonds. The predicted molar refractivity (Wildman–Crippen MR) is 79.3 cm³/mol. The second-order valence-corrected chi connectivity index (χ2v) is 5.96. The summed E-state index contributed by atoms with van der Waals surface area (Å²) in [6.45, 7) is 2.32. The van der Waals surface area contributed by atoms with E-state index in [2.05, 4.69) is 24.2 Å². The molecule has 1 aliphatic carbocycles. The van der Waals surface area contributed by atoms with Crippen LogP contribution in [-0.2, 0) is 0 Å². The fraction of sp³-hybridized carbons (Fsp3) is 0.412. The fourth-order valence-corrected chi connectivity index (χ4v) is 3.03. The molecule has 3 rings (SSSR count). The zero-order valence-electron chi connectivity index (χ0n) is 12.1. The highest BCUT2D eigenvalue weighted by atomic mass is 16.5. The molecule has 4 heteroatoms. The number of benzene rings is 1. The van der Waals surface area contributed by atoms with Crippen LogP contribution in [0.2, 0.25) is 0 Å². The first kappa shape index (κ1) is 13.9. The first-order chi connectivity index (χ1) is 10.1. The minimum Gasteiger partial charge on any atom is -0.475 e. The maximum absolute atomic E-state index is 10.8. The van der Waals surface area contributed by atoms with Gasteiger partial charge in [0, 0.05) is 11.6 Å². The van der Waals surface area contributed by atoms with Gasteiger partial charge in [0.15, 0.2) is 0 Å². The van der Waals surface area contributed by atoms with E-state index in [0.717, 1.165) is 11.5 Å². The van der Waals surface area contributed by atoms with Crippen molar-refractivity contribution in [2.75, 3.05) is 0 Å². The van der Waals surface area contributed by atoms with Crippen LogP contribution in [0.25, 0.3) is 11.3 Å². The summed E-state index contributed by atoms with van der Waals surface area (Å²) in [5.41, 5.74) is 2.82. The molecule has 1 aromatic carbocycles. The molecule has 4 nitrogen and oxygen atoms in total. The topological polar surface area (TPSA) is 63.3 Å². The minimum atomic E-state index is -1.10. The number of rotatable bonds is 3. The summed E-state index contributed by atoms with van der Waals surface area (Å²) >= 11 is 0. The van der Waals surface area contributed by atoms with Crippen LogP contribution in [0.3, 0.4) is 0 Å². The summed E-state index contributed by atoms with van der Waals surface area (Å²) in [6.07, 6.45) is 5.12. The first-order valence-electron chi connectivity index (χ1n) is 7.44. The number of carboxylic acid groups (broad SMARTS) is 1. The van der Waals surface area contributed by atoms with E-state index >= 15 is 0 Å². The second kappa shape index (κ2) is 5.72. The van der Waals surface area contributed by atoms with Crippen molar-refractivity contribution in [2.24, 2.45) is 5.92 Å². The monoisotopic (exact) mass is 285 g/mol. The largest absolute Gasteiger partial charge is 0.475 e. The third-order valence-corrected chi connectivity index (χ3v) is 4.41. The van der Waals surface area contributed by atoms with Crippen molar-refractivity contribution < 1.29 is 14.4 Å². The zero-order chi connectivity index (χ0) is 14.8. The van der Waals surface area contributed by atoms with Crippen molar-refractivity contribution in [1.82, 2.24) is 5.16 Å². The molecule has 1 fully saturated rings. The van der Waals surface area contributed by atoms with Crippen LogP contribution in [0, 0.1) is 5.92 Å². The van der Waals surface area contributed by atoms with Crippen molar-refractivity contribution in [3.8, 4) is 11.3 Å². The van der Waals surface area contributed by atoms with E-state index in [1.807, 2.05) is 12.1 Å². The van der Waals surface area contributed by atoms with Gasteiger partial charge in [0.25, 0.3) is 0 Å². The van der Waals surface area contributed by atoms with Gasteiger partial charge in [0.1, 0.15) is 5.69 Å². The van der Waals surface area contributed by atoms with E-state index in [1.165, 1.54) is 37.3 Å². The molecular formula is C17H19NO3. The lowest BCUT2D eigenvalue weighted by atomic mass is 9.79. The van der Waals surface area contributed by atoms with Crippen LogP contribution >= 0.6 is 0 Å². The molecule has 2 aromatic rings. The molecule has 1 saturated carbocycles. The van der Waals surface area contributed by atoms with Crippen LogP contribution in [0.15, 0.2) is 34.9 Å². The van der Waals surface area contributed by atoms with Crippen LogP contribution in [0.5, 0.6) is 0 Å². The normalized spacial score (nSPS) is 22.1. The average Bonchev–Trinajstić information content (AvgIpc) is 2.98. The summed E-state index contributed by atoms with van der Waals surface area (Å²) in [5, 5.41) is 12.7. The smallest absolute Gasteiger partial charge is 0.374 e. The van der Waals surface area contributed by atoms with E-state index in [9.17, 15) is 4.79 Å². The summed E-state index contributed by atoms with van der Waals surface area (Å²) in [5.74, 6) is 0.282. The number of aromatic carboxylic acids is 1. The van der Waals surface area contributed by atoms with E-state index in [1.54, 1.807) is 0 Å². The molecule has 0 unspecified atom stereocenters. The molecule has 0 bridgehead atoms. The van der Waals surface area contributed by atoms with Gasteiger partial charge in [-0.15, -0.1) is 0 Å². The summed E-state index contributed by atoms with van der Waals surface area (Å²) in [7, 11) is 0. The number of carboxylic acids is 1. The van der Waals surface area contributed by atoms with Crippen LogP contribution < -0.4 is 0 Å². The molecule has 0 aliphatic heterocycles. The Morgan fingerprint density at radius 1 is 1.19 bits per heavy atom. The number of hydrogen-bond donors (Lipinski definition) is 1. The standard InChI is InChI=1S/C17H19NO3/c1-11-2-4-12(5-3-11)13-6-8-14(9-7-13)15-10-16(17(19)20)21-18-15/h6-12H,2-5H2,1H3,(H,19,20). The van der Waals surface area contributed by atoms with Gasteiger partial charge in [-0.1, -0.05) is 49.2 Å². The lowest BCUT2D eigenvalue weighted by molar-refractivity contribution is 0.0652. The Morgan fingerprint density at radius 3 is 2.43 bits per heavy atom. The van der Waals surface area contributed by atoms with Crippen molar-refractivity contribution in [3.05, 3.63) is 41.7 Å². The van der Waals surface area contributed by atoms with E-state index < -0.39 is 5.97 Å². The van der Waals surface area contributed by atoms with Crippen molar-refractivity contribution in [1.29, 1.82) is 0 Å². The number of carbonyl (C=O) groups is 1. The third-order valence-electron chi connectivity index (χ3n) is 4.41. The molecule has 1 aliphatic rings. The van der Waals surface area contributed by atoms with Gasteiger partial charge in [-0.25, -0.2) is 4.79 Å². The van der Waals surface area contributed by atoms with Gasteiger partial charge in [0.2, 0.25) is 5.76 Å². The molecular weight excluding hydrogens is 266 g/mol. The molecule has 0 saturated heterocycles. The lowest BCUT2D eigenvalue weighted by Gasteiger charge is -2.26. The van der Waals surface area contributed by atoms with Gasteiger partial charge >= 0.3 is 5.97 Å². The van der Waals surface area contributed by atoms with Crippen molar-refractivity contribution in [2.45, 2.75) is 38.5 Å². The molecule has 0 radical (unpaired) electrons. The van der Waals surface area contributed by atoms with E-state index in [-0.39, 0.29) is 5.76 Å². The minimum absolute atomic E-state index is 0.129. The molecule has 110 valence electrons.